The van der Waals surface area contributed by atoms with Gasteiger partial charge in [-0.15, -0.1) is 0 Å². The Morgan fingerprint density at radius 1 is 1.11 bits per heavy atom. The summed E-state index contributed by atoms with van der Waals surface area (Å²) >= 11 is 0. The molecule has 0 radical (unpaired) electrons. The molecule has 0 aromatic heterocycles. The fourth-order valence-electron chi connectivity index (χ4n) is 3.20. The Morgan fingerprint density at radius 3 is 2.29 bits per heavy atom. The lowest BCUT2D eigenvalue weighted by molar-refractivity contribution is -0.153. The standard InChI is InChI=1S/C21H20F4O3/c1-20(19(26)27,11-13-2-3-13)16-8-15(14-4-6-17(22)7-5-14)9-18(10-16)28-12-21(23,24)25/h4-10,13H,2-3,11-12H2,1H3,(H,26,27). The molecule has 3 nitrogen and oxygen atoms in total. The highest BCUT2D eigenvalue weighted by Gasteiger charge is 2.41. The van der Waals surface area contributed by atoms with Crippen molar-refractivity contribution in [2.45, 2.75) is 37.8 Å². The summed E-state index contributed by atoms with van der Waals surface area (Å²) in [7, 11) is 0. The molecule has 1 aliphatic rings. The molecular weight excluding hydrogens is 376 g/mol. The van der Waals surface area contributed by atoms with Gasteiger partial charge in [0.15, 0.2) is 6.61 Å². The predicted molar refractivity (Wildman–Crippen MR) is 95.7 cm³/mol. The van der Waals surface area contributed by atoms with E-state index in [1.54, 1.807) is 13.0 Å². The maximum Gasteiger partial charge on any atom is 0.422 e. The lowest BCUT2D eigenvalue weighted by Gasteiger charge is -2.27. The number of rotatable bonds is 7. The van der Waals surface area contributed by atoms with Crippen molar-refractivity contribution >= 4 is 5.97 Å². The quantitative estimate of drug-likeness (QED) is 0.622. The number of carboxylic acid groups (broad SMARTS) is 1. The zero-order chi connectivity index (χ0) is 20.5. The second kappa shape index (κ2) is 7.45. The van der Waals surface area contributed by atoms with Crippen LogP contribution in [0.1, 0.15) is 31.7 Å². The van der Waals surface area contributed by atoms with Crippen LogP contribution in [-0.2, 0) is 10.2 Å². The summed E-state index contributed by atoms with van der Waals surface area (Å²) in [5, 5.41) is 9.84. The van der Waals surface area contributed by atoms with Crippen molar-refractivity contribution in [3.63, 3.8) is 0 Å². The van der Waals surface area contributed by atoms with Gasteiger partial charge in [-0.2, -0.15) is 13.2 Å². The average Bonchev–Trinajstić information content (AvgIpc) is 3.43. The Labute approximate surface area is 159 Å². The zero-order valence-corrected chi connectivity index (χ0v) is 15.2. The fraction of sp³-hybridized carbons (Fsp3) is 0.381. The van der Waals surface area contributed by atoms with Gasteiger partial charge < -0.3 is 9.84 Å². The molecular formula is C21H20F4O3. The molecule has 1 atom stereocenters. The van der Waals surface area contributed by atoms with E-state index in [2.05, 4.69) is 0 Å². The molecule has 0 bridgehead atoms. The summed E-state index contributed by atoms with van der Waals surface area (Å²) < 4.78 is 55.9. The molecule has 0 saturated heterocycles. The summed E-state index contributed by atoms with van der Waals surface area (Å²) in [6.07, 6.45) is -2.24. The van der Waals surface area contributed by atoms with Gasteiger partial charge in [-0.3, -0.25) is 4.79 Å². The van der Waals surface area contributed by atoms with Gasteiger partial charge >= 0.3 is 12.1 Å². The van der Waals surface area contributed by atoms with Gasteiger partial charge in [0.2, 0.25) is 0 Å². The maximum absolute atomic E-state index is 13.2. The third kappa shape index (κ3) is 4.82. The number of ether oxygens (including phenoxy) is 1. The Morgan fingerprint density at radius 2 is 1.75 bits per heavy atom. The summed E-state index contributed by atoms with van der Waals surface area (Å²) in [5.41, 5.74) is 0.135. The van der Waals surface area contributed by atoms with E-state index < -0.39 is 30.0 Å². The molecule has 1 unspecified atom stereocenters. The van der Waals surface area contributed by atoms with Gasteiger partial charge in [-0.25, -0.2) is 4.39 Å². The van der Waals surface area contributed by atoms with Gasteiger partial charge in [0.05, 0.1) is 5.41 Å². The fourth-order valence-corrected chi connectivity index (χ4v) is 3.20. The lowest BCUT2D eigenvalue weighted by Crippen LogP contribution is -2.33. The Hall–Kier alpha value is -2.57. The molecule has 1 aliphatic carbocycles. The van der Waals surface area contributed by atoms with E-state index >= 15 is 0 Å². The molecule has 2 aromatic carbocycles. The molecule has 0 amide bonds. The van der Waals surface area contributed by atoms with Gasteiger partial charge in [-0.05, 0) is 66.3 Å². The zero-order valence-electron chi connectivity index (χ0n) is 15.2. The molecule has 2 aromatic rings. The van der Waals surface area contributed by atoms with Crippen molar-refractivity contribution in [1.29, 1.82) is 0 Å². The van der Waals surface area contributed by atoms with Crippen LogP contribution < -0.4 is 4.74 Å². The number of hydrogen-bond acceptors (Lipinski definition) is 2. The number of benzene rings is 2. The van der Waals surface area contributed by atoms with Crippen molar-refractivity contribution < 1.29 is 32.2 Å². The van der Waals surface area contributed by atoms with Crippen LogP contribution in [0.4, 0.5) is 17.6 Å². The van der Waals surface area contributed by atoms with Crippen molar-refractivity contribution in [3.05, 3.63) is 53.8 Å². The van der Waals surface area contributed by atoms with Crippen LogP contribution in [0.3, 0.4) is 0 Å². The minimum Gasteiger partial charge on any atom is -0.484 e. The highest BCUT2D eigenvalue weighted by molar-refractivity contribution is 5.82. The third-order valence-electron chi connectivity index (χ3n) is 4.99. The van der Waals surface area contributed by atoms with Crippen molar-refractivity contribution in [1.82, 2.24) is 0 Å². The molecule has 0 aliphatic heterocycles. The number of aliphatic carboxylic acids is 1. The highest BCUT2D eigenvalue weighted by Crippen LogP contribution is 2.44. The summed E-state index contributed by atoms with van der Waals surface area (Å²) in [5.74, 6) is -1.28. The second-order valence-corrected chi connectivity index (χ2v) is 7.44. The Kier molecular flexibility index (Phi) is 5.37. The summed E-state index contributed by atoms with van der Waals surface area (Å²) in [6.45, 7) is 0.0939. The predicted octanol–water partition coefficient (Wildman–Crippen LogP) is 5.58. The Balaban J connectivity index is 2.05. The van der Waals surface area contributed by atoms with Crippen LogP contribution in [0.25, 0.3) is 11.1 Å². The van der Waals surface area contributed by atoms with Gasteiger partial charge in [-0.1, -0.05) is 25.0 Å². The molecule has 0 spiro atoms. The lowest BCUT2D eigenvalue weighted by atomic mass is 9.77. The van der Waals surface area contributed by atoms with E-state index in [4.69, 9.17) is 4.74 Å². The first-order valence-electron chi connectivity index (χ1n) is 8.91. The SMILES string of the molecule is CC(CC1CC1)(C(=O)O)c1cc(OCC(F)(F)F)cc(-c2ccc(F)cc2)c1. The van der Waals surface area contributed by atoms with Crippen LogP contribution in [0.5, 0.6) is 5.75 Å². The smallest absolute Gasteiger partial charge is 0.422 e. The normalized spacial score (nSPS) is 16.5. The van der Waals surface area contributed by atoms with Crippen molar-refractivity contribution in [2.75, 3.05) is 6.61 Å². The van der Waals surface area contributed by atoms with Crippen LogP contribution >= 0.6 is 0 Å². The first-order valence-corrected chi connectivity index (χ1v) is 8.91. The second-order valence-electron chi connectivity index (χ2n) is 7.44. The van der Waals surface area contributed by atoms with Crippen molar-refractivity contribution in [3.8, 4) is 16.9 Å². The number of carboxylic acids is 1. The minimum absolute atomic E-state index is 0.0718. The first-order chi connectivity index (χ1) is 13.1. The monoisotopic (exact) mass is 396 g/mol. The van der Waals surface area contributed by atoms with Crippen LogP contribution in [-0.4, -0.2) is 23.9 Å². The van der Waals surface area contributed by atoms with Crippen molar-refractivity contribution in [2.24, 2.45) is 5.92 Å². The molecule has 3 rings (SSSR count). The summed E-state index contributed by atoms with van der Waals surface area (Å²) in [4.78, 5) is 12.0. The maximum atomic E-state index is 13.2. The molecule has 1 N–H and O–H groups in total. The van der Waals surface area contributed by atoms with Gasteiger partial charge in [0.1, 0.15) is 11.6 Å². The van der Waals surface area contributed by atoms with E-state index in [0.717, 1.165) is 12.8 Å². The minimum atomic E-state index is -4.52. The molecule has 150 valence electrons. The Bertz CT molecular complexity index is 857. The van der Waals surface area contributed by atoms with E-state index in [1.165, 1.54) is 36.4 Å². The largest absolute Gasteiger partial charge is 0.484 e. The van der Waals surface area contributed by atoms with Crippen LogP contribution in [0.2, 0.25) is 0 Å². The first kappa shape index (κ1) is 20.2. The average molecular weight is 396 g/mol. The van der Waals surface area contributed by atoms with E-state index in [-0.39, 0.29) is 11.7 Å². The molecule has 28 heavy (non-hydrogen) atoms. The number of hydrogen-bond donors (Lipinski definition) is 1. The van der Waals surface area contributed by atoms with E-state index in [9.17, 15) is 27.5 Å². The molecule has 7 heteroatoms. The number of alkyl halides is 3. The van der Waals surface area contributed by atoms with E-state index in [0.29, 0.717) is 23.1 Å². The van der Waals surface area contributed by atoms with Gasteiger partial charge in [0.25, 0.3) is 0 Å². The molecule has 1 fully saturated rings. The highest BCUT2D eigenvalue weighted by atomic mass is 19.4. The molecule has 0 heterocycles. The van der Waals surface area contributed by atoms with Gasteiger partial charge in [0, 0.05) is 0 Å². The van der Waals surface area contributed by atoms with Crippen LogP contribution in [0, 0.1) is 11.7 Å². The van der Waals surface area contributed by atoms with Crippen LogP contribution in [0.15, 0.2) is 42.5 Å². The topological polar surface area (TPSA) is 46.5 Å². The number of carbonyl (C=O) groups is 1. The number of halogens is 4. The summed E-state index contributed by atoms with van der Waals surface area (Å²) in [6, 6.07) is 9.83. The third-order valence-corrected chi connectivity index (χ3v) is 4.99. The van der Waals surface area contributed by atoms with E-state index in [1.807, 2.05) is 0 Å². The molecule has 1 saturated carbocycles.